The fraction of sp³-hybridized carbons (Fsp3) is 0.500. The van der Waals surface area contributed by atoms with Crippen LogP contribution in [-0.4, -0.2) is 49.1 Å². The lowest BCUT2D eigenvalue weighted by molar-refractivity contribution is -0.120. The van der Waals surface area contributed by atoms with E-state index in [0.29, 0.717) is 25.6 Å². The molecule has 0 spiro atoms. The Morgan fingerprint density at radius 3 is 2.74 bits per heavy atom. The Labute approximate surface area is 143 Å². The van der Waals surface area contributed by atoms with Crippen LogP contribution < -0.4 is 16.0 Å². The summed E-state index contributed by atoms with van der Waals surface area (Å²) in [5, 5.41) is 8.37. The van der Waals surface area contributed by atoms with Gasteiger partial charge in [-0.15, -0.1) is 12.4 Å². The van der Waals surface area contributed by atoms with Gasteiger partial charge >= 0.3 is 6.03 Å². The van der Waals surface area contributed by atoms with Gasteiger partial charge in [0, 0.05) is 45.2 Å². The lowest BCUT2D eigenvalue weighted by atomic mass is 10.2. The lowest BCUT2D eigenvalue weighted by Crippen LogP contribution is -2.50. The minimum Gasteiger partial charge on any atom is -0.334 e. The second-order valence-corrected chi connectivity index (χ2v) is 5.56. The van der Waals surface area contributed by atoms with E-state index in [0.717, 1.165) is 25.2 Å². The number of hydrogen-bond donors (Lipinski definition) is 3. The average Bonchev–Trinajstić information content (AvgIpc) is 2.53. The van der Waals surface area contributed by atoms with Gasteiger partial charge in [0.25, 0.3) is 0 Å². The fourth-order valence-electron chi connectivity index (χ4n) is 2.47. The van der Waals surface area contributed by atoms with Crippen LogP contribution in [0.15, 0.2) is 30.3 Å². The molecule has 0 aliphatic carbocycles. The predicted molar refractivity (Wildman–Crippen MR) is 92.6 cm³/mol. The molecule has 1 atom stereocenters. The van der Waals surface area contributed by atoms with Crippen LogP contribution in [-0.2, 0) is 11.3 Å². The van der Waals surface area contributed by atoms with Crippen molar-refractivity contribution in [2.24, 2.45) is 0 Å². The van der Waals surface area contributed by atoms with Crippen molar-refractivity contribution in [3.63, 3.8) is 0 Å². The SMILES string of the molecule is C[C@@H]1CNCCN1CCC(=O)NC(=O)NCc1ccccc1.Cl. The molecule has 1 aromatic carbocycles. The third kappa shape index (κ3) is 6.99. The van der Waals surface area contributed by atoms with Crippen molar-refractivity contribution < 1.29 is 9.59 Å². The fourth-order valence-corrected chi connectivity index (χ4v) is 2.47. The zero-order chi connectivity index (χ0) is 15.8. The largest absolute Gasteiger partial charge is 0.334 e. The molecule has 0 aromatic heterocycles. The maximum Gasteiger partial charge on any atom is 0.321 e. The van der Waals surface area contributed by atoms with E-state index in [1.807, 2.05) is 30.3 Å². The molecule has 1 saturated heterocycles. The summed E-state index contributed by atoms with van der Waals surface area (Å²) in [6.45, 7) is 6.06. The van der Waals surface area contributed by atoms with Crippen molar-refractivity contribution in [2.45, 2.75) is 25.9 Å². The van der Waals surface area contributed by atoms with E-state index < -0.39 is 6.03 Å². The Bertz CT molecular complexity index is 498. The van der Waals surface area contributed by atoms with Crippen LogP contribution in [0.1, 0.15) is 18.9 Å². The zero-order valence-electron chi connectivity index (χ0n) is 13.4. The molecule has 3 N–H and O–H groups in total. The maximum absolute atomic E-state index is 11.8. The minimum atomic E-state index is -0.442. The minimum absolute atomic E-state index is 0. The number of hydrogen-bond acceptors (Lipinski definition) is 4. The molecule has 128 valence electrons. The summed E-state index contributed by atoms with van der Waals surface area (Å²) < 4.78 is 0. The van der Waals surface area contributed by atoms with Crippen LogP contribution in [0.25, 0.3) is 0 Å². The third-order valence-electron chi connectivity index (χ3n) is 3.81. The molecule has 6 nitrogen and oxygen atoms in total. The molecule has 3 amide bonds. The van der Waals surface area contributed by atoms with Crippen LogP contribution >= 0.6 is 12.4 Å². The summed E-state index contributed by atoms with van der Waals surface area (Å²) in [4.78, 5) is 25.7. The van der Waals surface area contributed by atoms with Crippen molar-refractivity contribution in [1.29, 1.82) is 0 Å². The van der Waals surface area contributed by atoms with E-state index in [1.165, 1.54) is 0 Å². The summed E-state index contributed by atoms with van der Waals surface area (Å²) in [7, 11) is 0. The number of piperazine rings is 1. The van der Waals surface area contributed by atoms with Crippen molar-refractivity contribution in [2.75, 3.05) is 26.2 Å². The number of imide groups is 1. The molecule has 0 bridgehead atoms. The topological polar surface area (TPSA) is 73.5 Å². The molecule has 1 heterocycles. The number of carbonyl (C=O) groups is 2. The normalized spacial score (nSPS) is 17.9. The third-order valence-corrected chi connectivity index (χ3v) is 3.81. The van der Waals surface area contributed by atoms with Crippen molar-refractivity contribution in [1.82, 2.24) is 20.9 Å². The Morgan fingerprint density at radius 2 is 2.04 bits per heavy atom. The van der Waals surface area contributed by atoms with E-state index in [9.17, 15) is 9.59 Å². The van der Waals surface area contributed by atoms with Gasteiger partial charge in [-0.25, -0.2) is 4.79 Å². The Kier molecular flexibility index (Phi) is 8.61. The highest BCUT2D eigenvalue weighted by Gasteiger charge is 2.18. The summed E-state index contributed by atoms with van der Waals surface area (Å²) in [6.07, 6.45) is 0.336. The highest BCUT2D eigenvalue weighted by atomic mass is 35.5. The van der Waals surface area contributed by atoms with E-state index in [2.05, 4.69) is 27.8 Å². The molecule has 0 saturated carbocycles. The Morgan fingerprint density at radius 1 is 1.30 bits per heavy atom. The standard InChI is InChI=1S/C16H24N4O2.ClH/c1-13-11-17-8-10-20(13)9-7-15(21)19-16(22)18-12-14-5-3-2-4-6-14;/h2-6,13,17H,7-12H2,1H3,(H2,18,19,21,22);1H/t13-;/m1./s1. The van der Waals surface area contributed by atoms with E-state index >= 15 is 0 Å². The van der Waals surface area contributed by atoms with Crippen molar-refractivity contribution in [3.8, 4) is 0 Å². The van der Waals surface area contributed by atoms with E-state index in [4.69, 9.17) is 0 Å². The summed E-state index contributed by atoms with van der Waals surface area (Å²) >= 11 is 0. The van der Waals surface area contributed by atoms with Gasteiger partial charge in [-0.3, -0.25) is 15.0 Å². The first kappa shape index (κ1) is 19.4. The molecule has 23 heavy (non-hydrogen) atoms. The number of halogens is 1. The number of benzene rings is 1. The molecule has 1 aliphatic rings. The first-order valence-electron chi connectivity index (χ1n) is 7.71. The molecule has 1 fully saturated rings. The van der Waals surface area contributed by atoms with Crippen LogP contribution in [0.2, 0.25) is 0 Å². The molecule has 1 aliphatic heterocycles. The molecule has 0 unspecified atom stereocenters. The van der Waals surface area contributed by atoms with Crippen LogP contribution in [0.5, 0.6) is 0 Å². The number of carbonyl (C=O) groups excluding carboxylic acids is 2. The Balaban J connectivity index is 0.00000264. The van der Waals surface area contributed by atoms with Gasteiger partial charge in [0.1, 0.15) is 0 Å². The number of nitrogens with one attached hydrogen (secondary N) is 3. The predicted octanol–water partition coefficient (Wildman–Crippen LogP) is 1.12. The molecule has 1 aromatic rings. The number of urea groups is 1. The Hall–Kier alpha value is -1.63. The second kappa shape index (κ2) is 10.2. The van der Waals surface area contributed by atoms with Gasteiger partial charge in [0.15, 0.2) is 0 Å². The zero-order valence-corrected chi connectivity index (χ0v) is 14.2. The highest BCUT2D eigenvalue weighted by Crippen LogP contribution is 2.03. The van der Waals surface area contributed by atoms with E-state index in [-0.39, 0.29) is 18.3 Å². The number of amides is 3. The lowest BCUT2D eigenvalue weighted by Gasteiger charge is -2.33. The number of rotatable bonds is 5. The average molecular weight is 341 g/mol. The van der Waals surface area contributed by atoms with Crippen molar-refractivity contribution >= 4 is 24.3 Å². The second-order valence-electron chi connectivity index (χ2n) is 5.56. The smallest absolute Gasteiger partial charge is 0.321 e. The van der Waals surface area contributed by atoms with Gasteiger partial charge in [0.05, 0.1) is 0 Å². The first-order chi connectivity index (χ1) is 10.6. The first-order valence-corrected chi connectivity index (χ1v) is 7.71. The van der Waals surface area contributed by atoms with E-state index in [1.54, 1.807) is 0 Å². The van der Waals surface area contributed by atoms with Crippen LogP contribution in [0.4, 0.5) is 4.79 Å². The maximum atomic E-state index is 11.8. The highest BCUT2D eigenvalue weighted by molar-refractivity contribution is 5.94. The molecule has 7 heteroatoms. The molecular formula is C16H25ClN4O2. The quantitative estimate of drug-likeness (QED) is 0.751. The summed E-state index contributed by atoms with van der Waals surface area (Å²) in [5.41, 5.74) is 1.000. The molecular weight excluding hydrogens is 316 g/mol. The van der Waals surface area contributed by atoms with Gasteiger partial charge in [-0.05, 0) is 12.5 Å². The van der Waals surface area contributed by atoms with Gasteiger partial charge < -0.3 is 10.6 Å². The summed E-state index contributed by atoms with van der Waals surface area (Å²) in [6, 6.07) is 9.57. The molecule has 2 rings (SSSR count). The van der Waals surface area contributed by atoms with Crippen LogP contribution in [0.3, 0.4) is 0 Å². The summed E-state index contributed by atoms with van der Waals surface area (Å²) in [5.74, 6) is -0.240. The van der Waals surface area contributed by atoms with Gasteiger partial charge in [-0.1, -0.05) is 30.3 Å². The monoisotopic (exact) mass is 340 g/mol. The number of nitrogens with zero attached hydrogens (tertiary/aromatic N) is 1. The van der Waals surface area contributed by atoms with Gasteiger partial charge in [0.2, 0.25) is 5.91 Å². The van der Waals surface area contributed by atoms with Gasteiger partial charge in [-0.2, -0.15) is 0 Å². The molecule has 0 radical (unpaired) electrons. The van der Waals surface area contributed by atoms with Crippen molar-refractivity contribution in [3.05, 3.63) is 35.9 Å². The van der Waals surface area contributed by atoms with Crippen LogP contribution in [0, 0.1) is 0 Å².